The van der Waals surface area contributed by atoms with Gasteiger partial charge in [-0.05, 0) is 48.4 Å². The summed E-state index contributed by atoms with van der Waals surface area (Å²) in [6, 6.07) is 18.7. The largest absolute Gasteiger partial charge is 0.242 e. The molecule has 2 rings (SSSR count). The number of thioether (sulfide) groups is 2. The van der Waals surface area contributed by atoms with Crippen LogP contribution in [0.3, 0.4) is 0 Å². The summed E-state index contributed by atoms with van der Waals surface area (Å²) in [7, 11) is 0. The lowest BCUT2D eigenvalue weighted by Crippen LogP contribution is -1.86. The van der Waals surface area contributed by atoms with Crippen molar-refractivity contribution in [3.8, 4) is 0 Å². The van der Waals surface area contributed by atoms with E-state index >= 15 is 0 Å². The highest BCUT2D eigenvalue weighted by atomic mass is 32.2. The van der Waals surface area contributed by atoms with E-state index in [2.05, 4.69) is 73.9 Å². The molecule has 0 aliphatic heterocycles. The summed E-state index contributed by atoms with van der Waals surface area (Å²) >= 11 is 3.47. The summed E-state index contributed by atoms with van der Waals surface area (Å²) < 4.78 is 0. The minimum atomic E-state index is 1.01. The summed E-state index contributed by atoms with van der Waals surface area (Å²) in [5, 5.41) is 3.15. The molecule has 21 heavy (non-hydrogen) atoms. The van der Waals surface area contributed by atoms with Crippen molar-refractivity contribution in [3.63, 3.8) is 0 Å². The number of benzene rings is 2. The lowest BCUT2D eigenvalue weighted by atomic mass is 10.2. The maximum absolute atomic E-state index is 4.70. The standard InChI is InChI=1S/C18H19NS2/c1-3-20-18(19-16-11-9-15(2)10-12-16)13-14-21-17-7-5-4-6-8-17/h4-14H,3H2,1-2H3. The lowest BCUT2D eigenvalue weighted by molar-refractivity contribution is 1.44. The van der Waals surface area contributed by atoms with Gasteiger partial charge in [0, 0.05) is 4.90 Å². The van der Waals surface area contributed by atoms with E-state index in [1.807, 2.05) is 6.07 Å². The summed E-state index contributed by atoms with van der Waals surface area (Å²) in [5.74, 6) is 1.02. The topological polar surface area (TPSA) is 12.4 Å². The van der Waals surface area contributed by atoms with Crippen LogP contribution in [-0.4, -0.2) is 10.8 Å². The summed E-state index contributed by atoms with van der Waals surface area (Å²) in [4.78, 5) is 5.94. The fraction of sp³-hybridized carbons (Fsp3) is 0.167. The third-order valence-electron chi connectivity index (χ3n) is 2.72. The predicted molar refractivity (Wildman–Crippen MR) is 97.8 cm³/mol. The van der Waals surface area contributed by atoms with Crippen LogP contribution < -0.4 is 0 Å². The molecule has 0 saturated carbocycles. The lowest BCUT2D eigenvalue weighted by Gasteiger charge is -2.00. The van der Waals surface area contributed by atoms with E-state index in [4.69, 9.17) is 4.99 Å². The van der Waals surface area contributed by atoms with Crippen LogP contribution in [-0.2, 0) is 0 Å². The van der Waals surface area contributed by atoms with Crippen LogP contribution in [0.15, 0.2) is 76.0 Å². The second-order valence-electron chi connectivity index (χ2n) is 4.45. The molecular formula is C18H19NS2. The molecule has 0 amide bonds. The molecule has 0 saturated heterocycles. The van der Waals surface area contributed by atoms with Crippen molar-refractivity contribution in [2.24, 2.45) is 4.99 Å². The molecule has 0 aliphatic rings. The van der Waals surface area contributed by atoms with Crippen molar-refractivity contribution in [1.29, 1.82) is 0 Å². The molecule has 108 valence electrons. The molecule has 1 nitrogen and oxygen atoms in total. The first-order chi connectivity index (χ1) is 10.3. The van der Waals surface area contributed by atoms with E-state index in [-0.39, 0.29) is 0 Å². The molecule has 0 bridgehead atoms. The molecule has 0 unspecified atom stereocenters. The second-order valence-corrected chi connectivity index (χ2v) is 6.72. The monoisotopic (exact) mass is 313 g/mol. The van der Waals surface area contributed by atoms with E-state index < -0.39 is 0 Å². The Morgan fingerprint density at radius 1 is 1.05 bits per heavy atom. The number of aliphatic imine (C=N–C) groups is 1. The van der Waals surface area contributed by atoms with E-state index in [9.17, 15) is 0 Å². The van der Waals surface area contributed by atoms with Crippen molar-refractivity contribution in [2.75, 3.05) is 5.75 Å². The number of aryl methyl sites for hydroxylation is 1. The molecule has 0 heterocycles. The molecule has 2 aromatic rings. The predicted octanol–water partition coefficient (Wildman–Crippen LogP) is 6.08. The SMILES string of the molecule is CCSC(C=CSc1ccccc1)=Nc1ccc(C)cc1. The molecule has 2 aromatic carbocycles. The molecule has 0 radical (unpaired) electrons. The van der Waals surface area contributed by atoms with Crippen LogP contribution in [0, 0.1) is 6.92 Å². The van der Waals surface area contributed by atoms with Crippen LogP contribution in [0.25, 0.3) is 0 Å². The van der Waals surface area contributed by atoms with Crippen LogP contribution in [0.2, 0.25) is 0 Å². The Bertz CT molecular complexity index is 601. The minimum absolute atomic E-state index is 1.01. The van der Waals surface area contributed by atoms with Gasteiger partial charge in [-0.15, -0.1) is 11.8 Å². The normalized spacial score (nSPS) is 12.0. The number of hydrogen-bond acceptors (Lipinski definition) is 3. The van der Waals surface area contributed by atoms with E-state index in [0.717, 1.165) is 16.5 Å². The first kappa shape index (κ1) is 15.9. The van der Waals surface area contributed by atoms with Crippen molar-refractivity contribution in [3.05, 3.63) is 71.6 Å². The van der Waals surface area contributed by atoms with Gasteiger partial charge in [-0.25, -0.2) is 4.99 Å². The number of rotatable bonds is 5. The van der Waals surface area contributed by atoms with Crippen LogP contribution in [0.1, 0.15) is 12.5 Å². The fourth-order valence-electron chi connectivity index (χ4n) is 1.68. The zero-order valence-electron chi connectivity index (χ0n) is 12.3. The average molecular weight is 313 g/mol. The van der Waals surface area contributed by atoms with Gasteiger partial charge in [0.15, 0.2) is 0 Å². The highest BCUT2D eigenvalue weighted by Crippen LogP contribution is 2.21. The summed E-state index contributed by atoms with van der Waals surface area (Å²) in [6.45, 7) is 4.24. The van der Waals surface area contributed by atoms with Gasteiger partial charge in [-0.2, -0.15) is 0 Å². The Hall–Kier alpha value is -1.45. The number of nitrogens with zero attached hydrogens (tertiary/aromatic N) is 1. The Labute approximate surface area is 135 Å². The van der Waals surface area contributed by atoms with Gasteiger partial charge in [0.05, 0.1) is 10.7 Å². The highest BCUT2D eigenvalue weighted by Gasteiger charge is 1.96. The fourth-order valence-corrected chi connectivity index (χ4v) is 3.07. The maximum Gasteiger partial charge on any atom is 0.0972 e. The van der Waals surface area contributed by atoms with Crippen LogP contribution in [0.4, 0.5) is 5.69 Å². The minimum Gasteiger partial charge on any atom is -0.242 e. The Morgan fingerprint density at radius 3 is 2.43 bits per heavy atom. The van der Waals surface area contributed by atoms with Gasteiger partial charge in [0.25, 0.3) is 0 Å². The van der Waals surface area contributed by atoms with Crippen molar-refractivity contribution in [2.45, 2.75) is 18.7 Å². The molecule has 0 spiro atoms. The van der Waals surface area contributed by atoms with Crippen LogP contribution in [0.5, 0.6) is 0 Å². The smallest absolute Gasteiger partial charge is 0.0972 e. The average Bonchev–Trinajstić information content (AvgIpc) is 2.51. The van der Waals surface area contributed by atoms with Gasteiger partial charge < -0.3 is 0 Å². The Morgan fingerprint density at radius 2 is 1.76 bits per heavy atom. The molecule has 0 atom stereocenters. The van der Waals surface area contributed by atoms with Gasteiger partial charge in [-0.3, -0.25) is 0 Å². The van der Waals surface area contributed by atoms with E-state index in [0.29, 0.717) is 0 Å². The van der Waals surface area contributed by atoms with Gasteiger partial charge in [-0.1, -0.05) is 54.6 Å². The van der Waals surface area contributed by atoms with E-state index in [1.54, 1.807) is 23.5 Å². The van der Waals surface area contributed by atoms with Gasteiger partial charge >= 0.3 is 0 Å². The quantitative estimate of drug-likeness (QED) is 0.376. The van der Waals surface area contributed by atoms with Gasteiger partial charge in [0.1, 0.15) is 0 Å². The molecular weight excluding hydrogens is 294 g/mol. The van der Waals surface area contributed by atoms with Crippen molar-refractivity contribution in [1.82, 2.24) is 0 Å². The Balaban J connectivity index is 2.06. The third-order valence-corrected chi connectivity index (χ3v) is 4.35. The number of hydrogen-bond donors (Lipinski definition) is 0. The first-order valence-electron chi connectivity index (χ1n) is 6.94. The van der Waals surface area contributed by atoms with E-state index in [1.165, 1.54) is 10.5 Å². The third kappa shape index (κ3) is 5.82. The molecule has 3 heteroatoms. The summed E-state index contributed by atoms with van der Waals surface area (Å²) in [6.07, 6.45) is 2.09. The van der Waals surface area contributed by atoms with Crippen molar-refractivity contribution < 1.29 is 0 Å². The zero-order chi connectivity index (χ0) is 14.9. The van der Waals surface area contributed by atoms with Crippen molar-refractivity contribution >= 4 is 34.3 Å². The molecule has 0 N–H and O–H groups in total. The molecule has 0 fully saturated rings. The first-order valence-corrected chi connectivity index (χ1v) is 8.81. The highest BCUT2D eigenvalue weighted by molar-refractivity contribution is 8.14. The summed E-state index contributed by atoms with van der Waals surface area (Å²) in [5.41, 5.74) is 2.26. The molecule has 0 aliphatic carbocycles. The molecule has 0 aromatic heterocycles. The van der Waals surface area contributed by atoms with Crippen LogP contribution >= 0.6 is 23.5 Å². The maximum atomic E-state index is 4.70. The van der Waals surface area contributed by atoms with Gasteiger partial charge in [0.2, 0.25) is 0 Å². The zero-order valence-corrected chi connectivity index (χ0v) is 14.0. The Kier molecular flexibility index (Phi) is 6.64. The second kappa shape index (κ2) is 8.75.